The van der Waals surface area contributed by atoms with Gasteiger partial charge in [-0.3, -0.25) is 4.79 Å². The van der Waals surface area contributed by atoms with Crippen LogP contribution in [0.15, 0.2) is 40.6 Å². The maximum absolute atomic E-state index is 12.6. The van der Waals surface area contributed by atoms with E-state index in [0.717, 1.165) is 37.0 Å². The van der Waals surface area contributed by atoms with Gasteiger partial charge in [0.05, 0.1) is 12.5 Å². The number of hydrogen-bond donors (Lipinski definition) is 1. The first-order valence-corrected chi connectivity index (χ1v) is 11.8. The highest BCUT2D eigenvalue weighted by Crippen LogP contribution is 2.30. The number of carbonyl (C=O) groups is 1. The number of fused-ring (bicyclic) bond motifs is 1. The zero-order valence-electron chi connectivity index (χ0n) is 15.2. The maximum atomic E-state index is 12.6. The molecule has 2 aliphatic rings. The molecule has 27 heavy (non-hydrogen) atoms. The van der Waals surface area contributed by atoms with Gasteiger partial charge in [-0.05, 0) is 55.4 Å². The van der Waals surface area contributed by atoms with E-state index in [1.54, 1.807) is 16.4 Å². The number of aryl methyl sites for hydroxylation is 1. The summed E-state index contributed by atoms with van der Waals surface area (Å²) in [7, 11) is -3.40. The Bertz CT molecular complexity index is 930. The molecule has 5 nitrogen and oxygen atoms in total. The molecule has 0 unspecified atom stereocenters. The first kappa shape index (κ1) is 18.7. The molecule has 0 spiro atoms. The van der Waals surface area contributed by atoms with Crippen molar-refractivity contribution < 1.29 is 13.2 Å². The summed E-state index contributed by atoms with van der Waals surface area (Å²) in [5.41, 5.74) is 2.52. The molecule has 1 aromatic heterocycles. The summed E-state index contributed by atoms with van der Waals surface area (Å²) in [5.74, 6) is -0.0522. The second kappa shape index (κ2) is 7.73. The van der Waals surface area contributed by atoms with Crippen LogP contribution < -0.4 is 5.32 Å². The smallest absolute Gasteiger partial charge is 0.252 e. The van der Waals surface area contributed by atoms with Gasteiger partial charge in [0.1, 0.15) is 4.21 Å². The molecule has 144 valence electrons. The minimum atomic E-state index is -3.40. The Hall–Kier alpha value is -1.70. The molecule has 1 aliphatic carbocycles. The zero-order valence-corrected chi connectivity index (χ0v) is 16.8. The highest BCUT2D eigenvalue weighted by Gasteiger charge is 2.29. The lowest BCUT2D eigenvalue weighted by Crippen LogP contribution is -2.31. The predicted octanol–water partition coefficient (Wildman–Crippen LogP) is 3.27. The molecule has 0 radical (unpaired) electrons. The molecule has 2 aromatic rings. The number of hydrogen-bond acceptors (Lipinski definition) is 4. The number of thiophene rings is 1. The van der Waals surface area contributed by atoms with E-state index in [1.807, 2.05) is 12.1 Å². The van der Waals surface area contributed by atoms with E-state index < -0.39 is 10.0 Å². The largest absolute Gasteiger partial charge is 0.349 e. The van der Waals surface area contributed by atoms with Gasteiger partial charge in [-0.15, -0.1) is 11.3 Å². The second-order valence-corrected chi connectivity index (χ2v) is 10.6. The predicted molar refractivity (Wildman–Crippen MR) is 106 cm³/mol. The van der Waals surface area contributed by atoms with Gasteiger partial charge in [0.15, 0.2) is 0 Å². The summed E-state index contributed by atoms with van der Waals surface area (Å²) in [6, 6.07) is 11.7. The van der Waals surface area contributed by atoms with Gasteiger partial charge in [0, 0.05) is 18.0 Å². The van der Waals surface area contributed by atoms with Gasteiger partial charge < -0.3 is 5.32 Å². The van der Waals surface area contributed by atoms with Crippen LogP contribution in [0.2, 0.25) is 0 Å². The van der Waals surface area contributed by atoms with Gasteiger partial charge in [-0.2, -0.15) is 4.31 Å². The number of sulfonamides is 1. The Morgan fingerprint density at radius 1 is 1.11 bits per heavy atom. The third-order valence-corrected chi connectivity index (χ3v) is 8.79. The van der Waals surface area contributed by atoms with Gasteiger partial charge >= 0.3 is 0 Å². The van der Waals surface area contributed by atoms with Crippen LogP contribution in [0.3, 0.4) is 0 Å². The molecular weight excluding hydrogens is 380 g/mol. The Balaban J connectivity index is 1.42. The van der Waals surface area contributed by atoms with Crippen LogP contribution in [0.4, 0.5) is 0 Å². The van der Waals surface area contributed by atoms with E-state index in [-0.39, 0.29) is 18.4 Å². The lowest BCUT2D eigenvalue weighted by atomic mass is 9.87. The quantitative estimate of drug-likeness (QED) is 0.832. The molecule has 0 bridgehead atoms. The fraction of sp³-hybridized carbons (Fsp3) is 0.450. The molecule has 1 aliphatic heterocycles. The summed E-state index contributed by atoms with van der Waals surface area (Å²) in [4.78, 5) is 13.3. The first-order valence-electron chi connectivity index (χ1n) is 9.50. The van der Waals surface area contributed by atoms with E-state index in [4.69, 9.17) is 0 Å². The van der Waals surface area contributed by atoms with E-state index in [2.05, 4.69) is 17.4 Å². The molecule has 1 aromatic carbocycles. The van der Waals surface area contributed by atoms with Crippen molar-refractivity contribution in [3.63, 3.8) is 0 Å². The average molecular weight is 405 g/mol. The Morgan fingerprint density at radius 2 is 1.89 bits per heavy atom. The van der Waals surface area contributed by atoms with Crippen molar-refractivity contribution in [2.24, 2.45) is 0 Å². The SMILES string of the molecule is O=C(Cc1ccc(S(=O)(=O)N2CCCC2)s1)N[C@@H]1CCCc2ccccc21. The Kier molecular flexibility index (Phi) is 5.34. The van der Waals surface area contributed by atoms with Gasteiger partial charge in [-0.1, -0.05) is 24.3 Å². The summed E-state index contributed by atoms with van der Waals surface area (Å²) >= 11 is 1.21. The first-order chi connectivity index (χ1) is 13.0. The molecule has 1 fully saturated rings. The Labute approximate surface area is 164 Å². The van der Waals surface area contributed by atoms with E-state index in [9.17, 15) is 13.2 Å². The lowest BCUT2D eigenvalue weighted by molar-refractivity contribution is -0.121. The normalized spacial score (nSPS) is 20.4. The van der Waals surface area contributed by atoms with Crippen molar-refractivity contribution in [1.82, 2.24) is 9.62 Å². The molecular formula is C20H24N2O3S2. The zero-order chi connectivity index (χ0) is 18.9. The lowest BCUT2D eigenvalue weighted by Gasteiger charge is -2.26. The molecule has 7 heteroatoms. The highest BCUT2D eigenvalue weighted by molar-refractivity contribution is 7.91. The van der Waals surface area contributed by atoms with E-state index >= 15 is 0 Å². The monoisotopic (exact) mass is 404 g/mol. The molecule has 1 N–H and O–H groups in total. The third-order valence-electron chi connectivity index (χ3n) is 5.34. The fourth-order valence-electron chi connectivity index (χ4n) is 3.96. The van der Waals surface area contributed by atoms with Crippen molar-refractivity contribution in [2.75, 3.05) is 13.1 Å². The summed E-state index contributed by atoms with van der Waals surface area (Å²) < 4.78 is 27.1. The fourth-order valence-corrected chi connectivity index (χ4v) is 6.98. The van der Waals surface area contributed by atoms with Crippen LogP contribution in [0.1, 0.15) is 47.7 Å². The minimum absolute atomic E-state index is 0.0511. The highest BCUT2D eigenvalue weighted by atomic mass is 32.2. The van der Waals surface area contributed by atoms with Gasteiger partial charge in [0.25, 0.3) is 10.0 Å². The maximum Gasteiger partial charge on any atom is 0.252 e. The van der Waals surface area contributed by atoms with Crippen LogP contribution >= 0.6 is 11.3 Å². The van der Waals surface area contributed by atoms with Crippen LogP contribution in [-0.2, 0) is 27.7 Å². The van der Waals surface area contributed by atoms with Gasteiger partial charge in [0.2, 0.25) is 5.91 Å². The number of rotatable bonds is 5. The van der Waals surface area contributed by atoms with E-state index in [1.165, 1.54) is 22.5 Å². The van der Waals surface area contributed by atoms with Crippen molar-refractivity contribution in [3.8, 4) is 0 Å². The summed E-state index contributed by atoms with van der Waals surface area (Å²) in [6.07, 6.45) is 5.14. The van der Waals surface area contributed by atoms with Crippen LogP contribution in [0.25, 0.3) is 0 Å². The van der Waals surface area contributed by atoms with Crippen LogP contribution in [0.5, 0.6) is 0 Å². The molecule has 0 saturated carbocycles. The number of carbonyl (C=O) groups excluding carboxylic acids is 1. The van der Waals surface area contributed by atoms with Crippen molar-refractivity contribution in [3.05, 3.63) is 52.4 Å². The molecule has 1 amide bonds. The van der Waals surface area contributed by atoms with Gasteiger partial charge in [-0.25, -0.2) is 8.42 Å². The van der Waals surface area contributed by atoms with E-state index in [0.29, 0.717) is 17.3 Å². The standard InChI is InChI=1S/C20H24N2O3S2/c23-19(21-18-9-5-7-15-6-1-2-8-17(15)18)14-16-10-11-20(26-16)27(24,25)22-12-3-4-13-22/h1-2,6,8,10-11,18H,3-5,7,9,12-14H2,(H,21,23)/t18-/m1/s1. The number of nitrogens with zero attached hydrogens (tertiary/aromatic N) is 1. The Morgan fingerprint density at radius 3 is 2.70 bits per heavy atom. The van der Waals surface area contributed by atoms with Crippen molar-refractivity contribution >= 4 is 27.3 Å². The third kappa shape index (κ3) is 3.95. The number of nitrogens with one attached hydrogen (secondary N) is 1. The van der Waals surface area contributed by atoms with Crippen LogP contribution in [-0.4, -0.2) is 31.7 Å². The molecule has 1 saturated heterocycles. The molecule has 2 heterocycles. The topological polar surface area (TPSA) is 66.5 Å². The molecule has 4 rings (SSSR count). The molecule has 1 atom stereocenters. The average Bonchev–Trinajstić information content (AvgIpc) is 3.34. The number of amides is 1. The van der Waals surface area contributed by atoms with Crippen molar-refractivity contribution in [2.45, 2.75) is 48.8 Å². The van der Waals surface area contributed by atoms with Crippen LogP contribution in [0, 0.1) is 0 Å². The summed E-state index contributed by atoms with van der Waals surface area (Å²) in [5, 5.41) is 3.13. The summed E-state index contributed by atoms with van der Waals surface area (Å²) in [6.45, 7) is 1.19. The minimum Gasteiger partial charge on any atom is -0.349 e. The number of benzene rings is 1. The second-order valence-electron chi connectivity index (χ2n) is 7.22. The van der Waals surface area contributed by atoms with Crippen molar-refractivity contribution in [1.29, 1.82) is 0 Å².